The molecule has 0 saturated carbocycles. The van der Waals surface area contributed by atoms with E-state index < -0.39 is 17.3 Å². The molecule has 0 radical (unpaired) electrons. The molecule has 2 heterocycles. The van der Waals surface area contributed by atoms with Gasteiger partial charge in [-0.2, -0.15) is 5.10 Å². The minimum atomic E-state index is -1.06. The maximum atomic E-state index is 14.7. The predicted octanol–water partition coefficient (Wildman–Crippen LogP) is 2.93. The number of ketones is 1. The van der Waals surface area contributed by atoms with Gasteiger partial charge in [-0.05, 0) is 42.8 Å². The Bertz CT molecular complexity index is 1570. The summed E-state index contributed by atoms with van der Waals surface area (Å²) in [5.74, 6) is -3.02. The molecule has 11 heteroatoms. The number of rotatable bonds is 9. The lowest BCUT2D eigenvalue weighted by Crippen LogP contribution is -2.51. The fourth-order valence-corrected chi connectivity index (χ4v) is 4.57. The Labute approximate surface area is 228 Å². The number of phenolic OH excluding ortho intramolecular Hbond substituents is 1. The molecule has 1 saturated heterocycles. The lowest BCUT2D eigenvalue weighted by Gasteiger charge is -2.21. The molecule has 2 atom stereocenters. The van der Waals surface area contributed by atoms with E-state index in [4.69, 9.17) is 4.74 Å². The number of aromatic nitrogens is 2. The highest BCUT2D eigenvalue weighted by atomic mass is 19.1. The molecular weight excluding hydrogens is 517 g/mol. The number of benzene rings is 3. The molecule has 1 fully saturated rings. The number of hydrogen-bond acceptors (Lipinski definition) is 7. The highest BCUT2D eigenvalue weighted by molar-refractivity contribution is 6.11. The lowest BCUT2D eigenvalue weighted by atomic mass is 10.00. The quantitative estimate of drug-likeness (QED) is 0.203. The molecule has 0 bridgehead atoms. The Morgan fingerprint density at radius 1 is 0.975 bits per heavy atom. The van der Waals surface area contributed by atoms with Gasteiger partial charge in [0.15, 0.2) is 17.3 Å². The van der Waals surface area contributed by atoms with Crippen LogP contribution in [0.3, 0.4) is 0 Å². The van der Waals surface area contributed by atoms with Gasteiger partial charge in [-0.3, -0.25) is 19.5 Å². The summed E-state index contributed by atoms with van der Waals surface area (Å²) in [5.41, 5.74) is 1.27. The van der Waals surface area contributed by atoms with Crippen LogP contribution in [0.4, 0.5) is 4.39 Å². The molecule has 40 heavy (non-hydrogen) atoms. The zero-order valence-corrected chi connectivity index (χ0v) is 21.7. The van der Waals surface area contributed by atoms with E-state index in [1.54, 1.807) is 18.3 Å². The van der Waals surface area contributed by atoms with E-state index in [1.807, 2.05) is 13.0 Å². The number of amides is 2. The van der Waals surface area contributed by atoms with Crippen LogP contribution < -0.4 is 20.7 Å². The predicted molar refractivity (Wildman–Crippen MR) is 145 cm³/mol. The van der Waals surface area contributed by atoms with Gasteiger partial charge in [0.2, 0.25) is 0 Å². The average Bonchev–Trinajstić information content (AvgIpc) is 3.62. The van der Waals surface area contributed by atoms with Crippen molar-refractivity contribution in [1.29, 1.82) is 0 Å². The number of aromatic hydroxyl groups is 1. The molecular formula is C29H28FN5O5. The normalized spacial score (nSPS) is 16.6. The number of fused-ring (bicyclic) bond motifs is 1. The highest BCUT2D eigenvalue weighted by Gasteiger charge is 2.30. The summed E-state index contributed by atoms with van der Waals surface area (Å²) in [7, 11) is 0. The van der Waals surface area contributed by atoms with Gasteiger partial charge in [0.1, 0.15) is 11.3 Å². The third-order valence-electron chi connectivity index (χ3n) is 6.73. The molecule has 206 valence electrons. The van der Waals surface area contributed by atoms with Crippen molar-refractivity contribution in [3.63, 3.8) is 0 Å². The van der Waals surface area contributed by atoms with E-state index >= 15 is 0 Å². The fraction of sp³-hybridized carbons (Fsp3) is 0.241. The molecule has 1 aromatic heterocycles. The molecule has 1 aliphatic rings. The molecule has 2 amide bonds. The lowest BCUT2D eigenvalue weighted by molar-refractivity contribution is 0.0896. The van der Waals surface area contributed by atoms with Crippen molar-refractivity contribution < 1.29 is 28.6 Å². The van der Waals surface area contributed by atoms with Crippen molar-refractivity contribution in [2.75, 3.05) is 19.7 Å². The first-order chi connectivity index (χ1) is 19.4. The first-order valence-corrected chi connectivity index (χ1v) is 12.9. The monoisotopic (exact) mass is 545 g/mol. The van der Waals surface area contributed by atoms with Crippen molar-refractivity contribution in [1.82, 2.24) is 26.1 Å². The number of halogens is 1. The number of aromatic amines is 1. The van der Waals surface area contributed by atoms with Crippen molar-refractivity contribution in [2.24, 2.45) is 0 Å². The van der Waals surface area contributed by atoms with Crippen molar-refractivity contribution in [3.8, 4) is 11.5 Å². The van der Waals surface area contributed by atoms with Gasteiger partial charge < -0.3 is 25.8 Å². The Kier molecular flexibility index (Phi) is 7.74. The maximum absolute atomic E-state index is 14.7. The molecule has 5 N–H and O–H groups in total. The van der Waals surface area contributed by atoms with E-state index in [9.17, 15) is 23.9 Å². The van der Waals surface area contributed by atoms with Crippen LogP contribution >= 0.6 is 0 Å². The molecule has 0 unspecified atom stereocenters. The smallest absolute Gasteiger partial charge is 0.251 e. The van der Waals surface area contributed by atoms with Crippen LogP contribution in [0.25, 0.3) is 10.9 Å². The second kappa shape index (κ2) is 11.5. The van der Waals surface area contributed by atoms with Crippen LogP contribution in [-0.2, 0) is 0 Å². The summed E-state index contributed by atoms with van der Waals surface area (Å²) in [5, 5.41) is 26.6. The van der Waals surface area contributed by atoms with Crippen LogP contribution in [-0.4, -0.2) is 64.7 Å². The van der Waals surface area contributed by atoms with E-state index in [0.29, 0.717) is 25.1 Å². The Balaban J connectivity index is 1.25. The molecule has 0 spiro atoms. The van der Waals surface area contributed by atoms with Crippen molar-refractivity contribution in [2.45, 2.75) is 25.4 Å². The Morgan fingerprint density at radius 2 is 1.62 bits per heavy atom. The van der Waals surface area contributed by atoms with Crippen LogP contribution in [0.2, 0.25) is 0 Å². The zero-order valence-electron chi connectivity index (χ0n) is 21.7. The standard InChI is InChI=1S/C29H28FN5O5/c1-2-11-40-24-10-9-23(36)26(30)25(24)27(37)16-3-5-17(6-4-16)28(38)33-21-14-31-15-22(21)34-29(39)18-7-8-19-13-32-35-20(19)12-18/h3-10,12-13,21-22,31,36H,2,11,14-15H2,1H3,(H,32,35)(H,33,38)(H,34,39)/t21-,22-/m1/s1. The van der Waals surface area contributed by atoms with Crippen molar-refractivity contribution in [3.05, 3.63) is 88.9 Å². The molecule has 4 aromatic rings. The number of nitrogens with zero attached hydrogens (tertiary/aromatic N) is 1. The van der Waals surface area contributed by atoms with Crippen LogP contribution in [0.15, 0.2) is 60.8 Å². The summed E-state index contributed by atoms with van der Waals surface area (Å²) >= 11 is 0. The van der Waals surface area contributed by atoms with E-state index in [-0.39, 0.29) is 52.9 Å². The highest BCUT2D eigenvalue weighted by Crippen LogP contribution is 2.30. The summed E-state index contributed by atoms with van der Waals surface area (Å²) in [6.45, 7) is 3.10. The molecule has 3 aromatic carbocycles. The third kappa shape index (κ3) is 5.50. The van der Waals surface area contributed by atoms with E-state index in [1.165, 1.54) is 30.3 Å². The Hall–Kier alpha value is -4.77. The zero-order chi connectivity index (χ0) is 28.2. The van der Waals surface area contributed by atoms with Gasteiger partial charge in [-0.25, -0.2) is 4.39 Å². The minimum absolute atomic E-state index is 0.0373. The van der Waals surface area contributed by atoms with Gasteiger partial charge in [-0.1, -0.05) is 25.1 Å². The van der Waals surface area contributed by atoms with Gasteiger partial charge in [0, 0.05) is 35.2 Å². The van der Waals surface area contributed by atoms with Crippen LogP contribution in [0, 0.1) is 5.82 Å². The number of phenols is 1. The maximum Gasteiger partial charge on any atom is 0.251 e. The summed E-state index contributed by atoms with van der Waals surface area (Å²) < 4.78 is 20.2. The fourth-order valence-electron chi connectivity index (χ4n) is 4.57. The number of nitrogens with one attached hydrogen (secondary N) is 4. The SMILES string of the molecule is CCCOc1ccc(O)c(F)c1C(=O)c1ccc(C(=O)N[C@@H]2CNC[C@H]2NC(=O)c2ccc3cn[nH]c3c2)cc1. The molecule has 5 rings (SSSR count). The average molecular weight is 546 g/mol. The van der Waals surface area contributed by atoms with Gasteiger partial charge in [0.05, 0.1) is 30.4 Å². The van der Waals surface area contributed by atoms with Crippen molar-refractivity contribution >= 4 is 28.5 Å². The minimum Gasteiger partial charge on any atom is -0.505 e. The molecule has 10 nitrogen and oxygen atoms in total. The van der Waals surface area contributed by atoms with Crippen LogP contribution in [0.5, 0.6) is 11.5 Å². The van der Waals surface area contributed by atoms with E-state index in [0.717, 1.165) is 17.0 Å². The summed E-state index contributed by atoms with van der Waals surface area (Å²) in [6, 6.07) is 12.8. The second-order valence-electron chi connectivity index (χ2n) is 9.52. The third-order valence-corrected chi connectivity index (χ3v) is 6.73. The van der Waals surface area contributed by atoms with Gasteiger partial charge in [-0.15, -0.1) is 0 Å². The number of hydrogen-bond donors (Lipinski definition) is 5. The first-order valence-electron chi connectivity index (χ1n) is 12.9. The number of ether oxygens (including phenoxy) is 1. The van der Waals surface area contributed by atoms with Crippen LogP contribution in [0.1, 0.15) is 50.0 Å². The topological polar surface area (TPSA) is 145 Å². The molecule has 0 aliphatic carbocycles. The summed E-state index contributed by atoms with van der Waals surface area (Å²) in [4.78, 5) is 38.9. The second-order valence-corrected chi connectivity index (χ2v) is 9.52. The molecule has 1 aliphatic heterocycles. The summed E-state index contributed by atoms with van der Waals surface area (Å²) in [6.07, 6.45) is 2.33. The van der Waals surface area contributed by atoms with E-state index in [2.05, 4.69) is 26.1 Å². The number of carbonyl (C=O) groups excluding carboxylic acids is 3. The van der Waals surface area contributed by atoms with Gasteiger partial charge >= 0.3 is 0 Å². The van der Waals surface area contributed by atoms with Gasteiger partial charge in [0.25, 0.3) is 11.8 Å². The number of H-pyrrole nitrogens is 1. The first kappa shape index (κ1) is 26.8. The number of carbonyl (C=O) groups is 3. The largest absolute Gasteiger partial charge is 0.505 e. The Morgan fingerprint density at radius 3 is 2.33 bits per heavy atom.